The van der Waals surface area contributed by atoms with Crippen molar-refractivity contribution in [2.75, 3.05) is 6.61 Å². The third-order valence-corrected chi connectivity index (χ3v) is 2.52. The number of hydrogen-bond donors (Lipinski definition) is 1. The molecule has 0 bridgehead atoms. The molecule has 1 unspecified atom stereocenters. The third-order valence-electron chi connectivity index (χ3n) is 2.52. The Bertz CT molecular complexity index is 452. The zero-order valence-electron chi connectivity index (χ0n) is 9.78. The first-order chi connectivity index (χ1) is 8.25. The van der Waals surface area contributed by atoms with Crippen LogP contribution in [0.5, 0.6) is 5.75 Å². The van der Waals surface area contributed by atoms with Crippen molar-refractivity contribution in [1.29, 1.82) is 0 Å². The van der Waals surface area contributed by atoms with E-state index in [1.807, 2.05) is 35.0 Å². The van der Waals surface area contributed by atoms with Gasteiger partial charge >= 0.3 is 0 Å². The van der Waals surface area contributed by atoms with Crippen LogP contribution in [0.4, 0.5) is 0 Å². The number of nitrogens with zero attached hydrogens (tertiary/aromatic N) is 2. The van der Waals surface area contributed by atoms with Crippen LogP contribution in [0.2, 0.25) is 0 Å². The highest BCUT2D eigenvalue weighted by Gasteiger charge is 2.02. The van der Waals surface area contributed by atoms with E-state index in [4.69, 9.17) is 4.74 Å². The van der Waals surface area contributed by atoms with Crippen LogP contribution in [-0.2, 0) is 6.54 Å². The van der Waals surface area contributed by atoms with Gasteiger partial charge in [0.1, 0.15) is 12.4 Å². The fraction of sp³-hybridized carbons (Fsp3) is 0.308. The Morgan fingerprint density at radius 2 is 2.35 bits per heavy atom. The Labute approximate surface area is 100 Å². The highest BCUT2D eigenvalue weighted by molar-refractivity contribution is 5.29. The summed E-state index contributed by atoms with van der Waals surface area (Å²) in [5.74, 6) is 0.781. The zero-order chi connectivity index (χ0) is 12.1. The van der Waals surface area contributed by atoms with Crippen molar-refractivity contribution in [2.45, 2.75) is 19.6 Å². The second kappa shape index (κ2) is 5.50. The summed E-state index contributed by atoms with van der Waals surface area (Å²) in [6, 6.07) is 7.51. The molecular weight excluding hydrogens is 216 g/mol. The van der Waals surface area contributed by atoms with Gasteiger partial charge in [0, 0.05) is 12.4 Å². The Hall–Kier alpha value is -1.81. The molecule has 2 rings (SSSR count). The lowest BCUT2D eigenvalue weighted by Gasteiger charge is -2.09. The molecule has 0 aliphatic rings. The van der Waals surface area contributed by atoms with E-state index < -0.39 is 6.10 Å². The van der Waals surface area contributed by atoms with Gasteiger partial charge in [-0.1, -0.05) is 12.1 Å². The van der Waals surface area contributed by atoms with Gasteiger partial charge in [0.2, 0.25) is 0 Å². The van der Waals surface area contributed by atoms with Crippen LogP contribution in [0.1, 0.15) is 18.6 Å². The van der Waals surface area contributed by atoms with E-state index in [2.05, 4.69) is 4.98 Å². The Morgan fingerprint density at radius 3 is 3.06 bits per heavy atom. The lowest BCUT2D eigenvalue weighted by Crippen LogP contribution is -2.06. The molecule has 0 amide bonds. The summed E-state index contributed by atoms with van der Waals surface area (Å²) in [6.45, 7) is 3.09. The maximum atomic E-state index is 9.46. The van der Waals surface area contributed by atoms with E-state index in [1.165, 1.54) is 0 Å². The normalized spacial score (nSPS) is 12.4. The predicted octanol–water partition coefficient (Wildman–Crippen LogP) is 2.02. The average Bonchev–Trinajstić information content (AvgIpc) is 2.82. The second-order valence-electron chi connectivity index (χ2n) is 3.90. The SMILES string of the molecule is CC(O)c1cccc(OCCn2ccnc2)c1. The van der Waals surface area contributed by atoms with E-state index in [0.717, 1.165) is 17.9 Å². The second-order valence-corrected chi connectivity index (χ2v) is 3.90. The summed E-state index contributed by atoms with van der Waals surface area (Å²) in [6.07, 6.45) is 4.94. The van der Waals surface area contributed by atoms with Crippen molar-refractivity contribution < 1.29 is 9.84 Å². The van der Waals surface area contributed by atoms with Gasteiger partial charge in [-0.3, -0.25) is 0 Å². The maximum absolute atomic E-state index is 9.46. The van der Waals surface area contributed by atoms with Gasteiger partial charge in [0.25, 0.3) is 0 Å². The minimum atomic E-state index is -0.466. The molecular formula is C13H16N2O2. The van der Waals surface area contributed by atoms with Gasteiger partial charge in [-0.05, 0) is 24.6 Å². The first-order valence-electron chi connectivity index (χ1n) is 5.62. The number of aliphatic hydroxyl groups excluding tert-OH is 1. The van der Waals surface area contributed by atoms with Crippen molar-refractivity contribution in [3.63, 3.8) is 0 Å². The maximum Gasteiger partial charge on any atom is 0.119 e. The largest absolute Gasteiger partial charge is 0.492 e. The topological polar surface area (TPSA) is 47.3 Å². The molecule has 0 saturated carbocycles. The molecule has 0 aliphatic heterocycles. The Morgan fingerprint density at radius 1 is 1.47 bits per heavy atom. The average molecular weight is 232 g/mol. The van der Waals surface area contributed by atoms with Crippen LogP contribution in [0.25, 0.3) is 0 Å². The van der Waals surface area contributed by atoms with Crippen LogP contribution in [0.3, 0.4) is 0 Å². The molecule has 1 aromatic heterocycles. The molecule has 17 heavy (non-hydrogen) atoms. The Kier molecular flexibility index (Phi) is 3.77. The number of hydrogen-bond acceptors (Lipinski definition) is 3. The molecule has 0 aliphatic carbocycles. The molecule has 1 aromatic carbocycles. The van der Waals surface area contributed by atoms with E-state index in [0.29, 0.717) is 6.61 Å². The van der Waals surface area contributed by atoms with Crippen LogP contribution >= 0.6 is 0 Å². The summed E-state index contributed by atoms with van der Waals surface area (Å²) in [4.78, 5) is 3.96. The molecule has 90 valence electrons. The van der Waals surface area contributed by atoms with E-state index in [-0.39, 0.29) is 0 Å². The summed E-state index contributed by atoms with van der Waals surface area (Å²) in [7, 11) is 0. The molecule has 4 heteroatoms. The van der Waals surface area contributed by atoms with Gasteiger partial charge in [0.15, 0.2) is 0 Å². The molecule has 0 spiro atoms. The highest BCUT2D eigenvalue weighted by Crippen LogP contribution is 2.18. The van der Waals surface area contributed by atoms with Crippen molar-refractivity contribution in [2.24, 2.45) is 0 Å². The van der Waals surface area contributed by atoms with E-state index in [9.17, 15) is 5.11 Å². The zero-order valence-corrected chi connectivity index (χ0v) is 9.78. The molecule has 0 saturated heterocycles. The summed E-state index contributed by atoms with van der Waals surface area (Å²) < 4.78 is 7.57. The van der Waals surface area contributed by atoms with Crippen molar-refractivity contribution in [3.8, 4) is 5.75 Å². The molecule has 0 radical (unpaired) electrons. The van der Waals surface area contributed by atoms with Crippen molar-refractivity contribution in [1.82, 2.24) is 9.55 Å². The standard InChI is InChI=1S/C13H16N2O2/c1-11(16)12-3-2-4-13(9-12)17-8-7-15-6-5-14-10-15/h2-6,9-11,16H,7-8H2,1H3. The minimum Gasteiger partial charge on any atom is -0.492 e. The quantitative estimate of drug-likeness (QED) is 0.857. The van der Waals surface area contributed by atoms with Gasteiger partial charge in [-0.25, -0.2) is 4.98 Å². The third kappa shape index (κ3) is 3.32. The van der Waals surface area contributed by atoms with Crippen LogP contribution in [0, 0.1) is 0 Å². The molecule has 0 fully saturated rings. The minimum absolute atomic E-state index is 0.466. The molecule has 1 heterocycles. The number of benzene rings is 1. The Balaban J connectivity index is 1.88. The van der Waals surface area contributed by atoms with Gasteiger partial charge in [-0.2, -0.15) is 0 Å². The van der Waals surface area contributed by atoms with Gasteiger partial charge in [-0.15, -0.1) is 0 Å². The van der Waals surface area contributed by atoms with Crippen LogP contribution in [-0.4, -0.2) is 21.3 Å². The molecule has 1 atom stereocenters. The van der Waals surface area contributed by atoms with Gasteiger partial charge < -0.3 is 14.4 Å². The highest BCUT2D eigenvalue weighted by atomic mass is 16.5. The first-order valence-corrected chi connectivity index (χ1v) is 5.62. The number of rotatable bonds is 5. The molecule has 2 aromatic rings. The van der Waals surface area contributed by atoms with Crippen LogP contribution < -0.4 is 4.74 Å². The van der Waals surface area contributed by atoms with Gasteiger partial charge in [0.05, 0.1) is 19.0 Å². The van der Waals surface area contributed by atoms with E-state index in [1.54, 1.807) is 19.4 Å². The fourth-order valence-electron chi connectivity index (χ4n) is 1.55. The van der Waals surface area contributed by atoms with Crippen LogP contribution in [0.15, 0.2) is 43.0 Å². The fourth-order valence-corrected chi connectivity index (χ4v) is 1.55. The first kappa shape index (κ1) is 11.7. The predicted molar refractivity (Wildman–Crippen MR) is 64.8 cm³/mol. The number of aromatic nitrogens is 2. The summed E-state index contributed by atoms with van der Waals surface area (Å²) in [5.41, 5.74) is 0.866. The lowest BCUT2D eigenvalue weighted by molar-refractivity contribution is 0.198. The lowest BCUT2D eigenvalue weighted by atomic mass is 10.1. The molecule has 4 nitrogen and oxygen atoms in total. The smallest absolute Gasteiger partial charge is 0.119 e. The summed E-state index contributed by atoms with van der Waals surface area (Å²) in [5, 5.41) is 9.46. The van der Waals surface area contributed by atoms with Crippen molar-refractivity contribution >= 4 is 0 Å². The number of ether oxygens (including phenoxy) is 1. The number of aliphatic hydroxyl groups is 1. The molecule has 1 N–H and O–H groups in total. The van der Waals surface area contributed by atoms with Crippen molar-refractivity contribution in [3.05, 3.63) is 48.5 Å². The summed E-state index contributed by atoms with van der Waals surface area (Å²) >= 11 is 0. The number of imidazole rings is 1. The van der Waals surface area contributed by atoms with E-state index >= 15 is 0 Å². The monoisotopic (exact) mass is 232 g/mol.